The lowest BCUT2D eigenvalue weighted by molar-refractivity contribution is 0.0691. The molecule has 1 rings (SSSR count). The molecule has 0 aliphatic carbocycles. The lowest BCUT2D eigenvalue weighted by Gasteiger charge is -2.38. The van der Waals surface area contributed by atoms with E-state index in [4.69, 9.17) is 10.8 Å². The second-order valence-electron chi connectivity index (χ2n) is 3.95. The Hall–Kier alpha value is -0.160. The highest BCUT2D eigenvalue weighted by atomic mass is 16.3. The summed E-state index contributed by atoms with van der Waals surface area (Å²) >= 11 is 0. The predicted octanol–water partition coefficient (Wildman–Crippen LogP) is -0.666. The van der Waals surface area contributed by atoms with Gasteiger partial charge < -0.3 is 15.7 Å². The van der Waals surface area contributed by atoms with Gasteiger partial charge in [0.25, 0.3) is 0 Å². The van der Waals surface area contributed by atoms with Gasteiger partial charge in [-0.3, -0.25) is 4.90 Å². The van der Waals surface area contributed by atoms with Crippen LogP contribution in [0.4, 0.5) is 0 Å². The lowest BCUT2D eigenvalue weighted by atomic mass is 10.2. The van der Waals surface area contributed by atoms with E-state index in [9.17, 15) is 0 Å². The van der Waals surface area contributed by atoms with Crippen molar-refractivity contribution in [3.8, 4) is 0 Å². The first-order chi connectivity index (χ1) is 6.81. The van der Waals surface area contributed by atoms with E-state index in [0.717, 1.165) is 26.2 Å². The van der Waals surface area contributed by atoms with Crippen molar-refractivity contribution in [2.24, 2.45) is 5.73 Å². The topological polar surface area (TPSA) is 52.7 Å². The second kappa shape index (κ2) is 6.35. The van der Waals surface area contributed by atoms with Gasteiger partial charge in [-0.25, -0.2) is 0 Å². The molecule has 1 atom stereocenters. The van der Waals surface area contributed by atoms with Crippen molar-refractivity contribution in [2.45, 2.75) is 19.4 Å². The summed E-state index contributed by atoms with van der Waals surface area (Å²) in [6.07, 6.45) is 1.22. The SMILES string of the molecule is CCCN1CCN(C(CN)CO)CC1. The summed E-state index contributed by atoms with van der Waals surface area (Å²) in [5, 5.41) is 9.11. The Morgan fingerprint density at radius 2 is 1.93 bits per heavy atom. The molecular formula is C10H23N3O. The first-order valence-corrected chi connectivity index (χ1v) is 5.59. The van der Waals surface area contributed by atoms with Crippen LogP contribution in [0.3, 0.4) is 0 Å². The van der Waals surface area contributed by atoms with E-state index in [1.165, 1.54) is 13.0 Å². The number of rotatable bonds is 5. The third-order valence-corrected chi connectivity index (χ3v) is 2.95. The molecule has 1 unspecified atom stereocenters. The van der Waals surface area contributed by atoms with Gasteiger partial charge in [-0.2, -0.15) is 0 Å². The molecule has 0 aromatic rings. The minimum atomic E-state index is 0.166. The summed E-state index contributed by atoms with van der Waals surface area (Å²) in [7, 11) is 0. The first-order valence-electron chi connectivity index (χ1n) is 5.59. The quantitative estimate of drug-likeness (QED) is 0.620. The highest BCUT2D eigenvalue weighted by molar-refractivity contribution is 4.78. The molecule has 0 bridgehead atoms. The largest absolute Gasteiger partial charge is 0.395 e. The van der Waals surface area contributed by atoms with Crippen molar-refractivity contribution in [3.05, 3.63) is 0 Å². The smallest absolute Gasteiger partial charge is 0.0599 e. The second-order valence-corrected chi connectivity index (χ2v) is 3.95. The molecule has 0 spiro atoms. The van der Waals surface area contributed by atoms with Gasteiger partial charge in [-0.05, 0) is 13.0 Å². The van der Waals surface area contributed by atoms with Gasteiger partial charge in [-0.1, -0.05) is 6.92 Å². The van der Waals surface area contributed by atoms with Crippen molar-refractivity contribution < 1.29 is 5.11 Å². The van der Waals surface area contributed by atoms with E-state index in [-0.39, 0.29) is 12.6 Å². The highest BCUT2D eigenvalue weighted by Gasteiger charge is 2.21. The van der Waals surface area contributed by atoms with Crippen LogP contribution >= 0.6 is 0 Å². The fourth-order valence-corrected chi connectivity index (χ4v) is 2.01. The van der Waals surface area contributed by atoms with Crippen LogP contribution in [0, 0.1) is 0 Å². The zero-order valence-corrected chi connectivity index (χ0v) is 9.15. The van der Waals surface area contributed by atoms with Crippen molar-refractivity contribution in [1.29, 1.82) is 0 Å². The standard InChI is InChI=1S/C10H23N3O/c1-2-3-12-4-6-13(7-5-12)10(8-11)9-14/h10,14H,2-9,11H2,1H3. The molecule has 3 N–H and O–H groups in total. The van der Waals surface area contributed by atoms with Crippen molar-refractivity contribution in [1.82, 2.24) is 9.80 Å². The van der Waals surface area contributed by atoms with Gasteiger partial charge in [-0.15, -0.1) is 0 Å². The number of hydrogen-bond acceptors (Lipinski definition) is 4. The van der Waals surface area contributed by atoms with Crippen LogP contribution in [0.2, 0.25) is 0 Å². The minimum absolute atomic E-state index is 0.166. The molecule has 84 valence electrons. The Labute approximate surface area is 86.7 Å². The maximum Gasteiger partial charge on any atom is 0.0599 e. The van der Waals surface area contributed by atoms with Crippen LogP contribution in [0.15, 0.2) is 0 Å². The van der Waals surface area contributed by atoms with E-state index in [1.807, 2.05) is 0 Å². The molecule has 14 heavy (non-hydrogen) atoms. The van der Waals surface area contributed by atoms with Gasteiger partial charge in [0, 0.05) is 38.8 Å². The van der Waals surface area contributed by atoms with E-state index in [0.29, 0.717) is 6.54 Å². The maximum atomic E-state index is 9.11. The Bertz CT molecular complexity index is 142. The van der Waals surface area contributed by atoms with Gasteiger partial charge in [0.1, 0.15) is 0 Å². The van der Waals surface area contributed by atoms with Crippen LogP contribution < -0.4 is 5.73 Å². The van der Waals surface area contributed by atoms with Crippen LogP contribution in [-0.4, -0.2) is 66.8 Å². The molecular weight excluding hydrogens is 178 g/mol. The summed E-state index contributed by atoms with van der Waals surface area (Å²) in [5.74, 6) is 0. The lowest BCUT2D eigenvalue weighted by Crippen LogP contribution is -2.53. The van der Waals surface area contributed by atoms with E-state index in [2.05, 4.69) is 16.7 Å². The fourth-order valence-electron chi connectivity index (χ4n) is 2.01. The maximum absolute atomic E-state index is 9.11. The molecule has 1 aliphatic rings. The molecule has 1 saturated heterocycles. The monoisotopic (exact) mass is 201 g/mol. The number of aliphatic hydroxyl groups excluding tert-OH is 1. The van der Waals surface area contributed by atoms with Crippen molar-refractivity contribution in [3.63, 3.8) is 0 Å². The van der Waals surface area contributed by atoms with Crippen molar-refractivity contribution in [2.75, 3.05) is 45.9 Å². The molecule has 0 aromatic heterocycles. The number of piperazine rings is 1. The normalized spacial score (nSPS) is 22.5. The van der Waals surface area contributed by atoms with Gasteiger partial charge in [0.15, 0.2) is 0 Å². The van der Waals surface area contributed by atoms with Crippen LogP contribution in [-0.2, 0) is 0 Å². The van der Waals surface area contributed by atoms with Gasteiger partial charge >= 0.3 is 0 Å². The third-order valence-electron chi connectivity index (χ3n) is 2.95. The van der Waals surface area contributed by atoms with E-state index >= 15 is 0 Å². The molecule has 1 fully saturated rings. The summed E-state index contributed by atoms with van der Waals surface area (Å²) in [6.45, 7) is 8.47. The fraction of sp³-hybridized carbons (Fsp3) is 1.00. The molecule has 0 radical (unpaired) electrons. The van der Waals surface area contributed by atoms with Gasteiger partial charge in [0.2, 0.25) is 0 Å². The highest BCUT2D eigenvalue weighted by Crippen LogP contribution is 2.05. The molecule has 1 aliphatic heterocycles. The Morgan fingerprint density at radius 3 is 2.36 bits per heavy atom. The third kappa shape index (κ3) is 3.20. The first kappa shape index (κ1) is 11.9. The summed E-state index contributed by atoms with van der Waals surface area (Å²) < 4.78 is 0. The average Bonchev–Trinajstić information content (AvgIpc) is 2.23. The van der Waals surface area contributed by atoms with Crippen molar-refractivity contribution >= 4 is 0 Å². The molecule has 1 heterocycles. The predicted molar refractivity (Wildman–Crippen MR) is 58.2 cm³/mol. The molecule has 0 amide bonds. The summed E-state index contributed by atoms with van der Waals surface area (Å²) in [4.78, 5) is 4.77. The summed E-state index contributed by atoms with van der Waals surface area (Å²) in [6, 6.07) is 0.166. The number of aliphatic hydroxyl groups is 1. The minimum Gasteiger partial charge on any atom is -0.395 e. The zero-order chi connectivity index (χ0) is 10.4. The molecule has 4 nitrogen and oxygen atoms in total. The number of nitrogens with two attached hydrogens (primary N) is 1. The van der Waals surface area contributed by atoms with Gasteiger partial charge in [0.05, 0.1) is 6.61 Å². The Morgan fingerprint density at radius 1 is 1.29 bits per heavy atom. The van der Waals surface area contributed by atoms with Crippen LogP contribution in [0.25, 0.3) is 0 Å². The zero-order valence-electron chi connectivity index (χ0n) is 9.15. The average molecular weight is 201 g/mol. The molecule has 0 aromatic carbocycles. The van der Waals surface area contributed by atoms with Crippen LogP contribution in [0.5, 0.6) is 0 Å². The number of nitrogens with zero attached hydrogens (tertiary/aromatic N) is 2. The molecule has 4 heteroatoms. The summed E-state index contributed by atoms with van der Waals surface area (Å²) in [5.41, 5.74) is 5.59. The van der Waals surface area contributed by atoms with E-state index in [1.54, 1.807) is 0 Å². The Kier molecular flexibility index (Phi) is 5.40. The molecule has 0 saturated carbocycles. The number of hydrogen-bond donors (Lipinski definition) is 2. The Balaban J connectivity index is 2.27. The van der Waals surface area contributed by atoms with Crippen LogP contribution in [0.1, 0.15) is 13.3 Å². The van der Waals surface area contributed by atoms with E-state index < -0.39 is 0 Å².